The molecule has 0 saturated carbocycles. The van der Waals surface area contributed by atoms with Gasteiger partial charge in [0.2, 0.25) is 0 Å². The molecule has 0 atom stereocenters. The van der Waals surface area contributed by atoms with Crippen molar-refractivity contribution >= 4 is 29.7 Å². The molecule has 0 fully saturated rings. The summed E-state index contributed by atoms with van der Waals surface area (Å²) in [5.41, 5.74) is 1.04. The molecule has 2 rings (SSSR count). The van der Waals surface area contributed by atoms with E-state index in [2.05, 4.69) is 15.3 Å². The highest BCUT2D eigenvalue weighted by Crippen LogP contribution is 2.17. The molecule has 0 aliphatic carbocycles. The number of aliphatic hydroxyl groups is 1. The molecule has 0 saturated heterocycles. The molecule has 1 heterocycles. The Morgan fingerprint density at radius 3 is 2.57 bits per heavy atom. The second-order valence-corrected chi connectivity index (χ2v) is 5.99. The van der Waals surface area contributed by atoms with E-state index in [1.54, 1.807) is 49.5 Å². The maximum Gasteiger partial charge on any atom is 0.358 e. The lowest BCUT2D eigenvalue weighted by Crippen LogP contribution is -2.12. The fraction of sp³-hybridized carbons (Fsp3) is 0.182. The smallest absolute Gasteiger partial charge is 0.358 e. The highest BCUT2D eigenvalue weighted by atomic mass is 16.5. The molecule has 8 nitrogen and oxygen atoms in total. The molecule has 1 aromatic carbocycles. The van der Waals surface area contributed by atoms with Gasteiger partial charge in [-0.2, -0.15) is 0 Å². The lowest BCUT2D eigenvalue weighted by molar-refractivity contribution is -0.138. The fourth-order valence-electron chi connectivity index (χ4n) is 2.32. The minimum absolute atomic E-state index is 0.110. The first-order chi connectivity index (χ1) is 14.5. The Labute approximate surface area is 174 Å². The average molecular weight is 409 g/mol. The van der Waals surface area contributed by atoms with Crippen molar-refractivity contribution in [3.05, 3.63) is 77.3 Å². The number of benzene rings is 1. The number of esters is 2. The van der Waals surface area contributed by atoms with Crippen molar-refractivity contribution in [1.29, 1.82) is 0 Å². The van der Waals surface area contributed by atoms with E-state index in [4.69, 9.17) is 9.47 Å². The van der Waals surface area contributed by atoms with Crippen molar-refractivity contribution < 1.29 is 24.2 Å². The SMILES string of the molecule is CCOC(=O)C(/C=N/C(=C\Nc1cc(C)ccn1)C(=O)OC)=C(/O)c1ccccc1. The van der Waals surface area contributed by atoms with E-state index in [1.165, 1.54) is 13.3 Å². The number of rotatable bonds is 8. The van der Waals surface area contributed by atoms with Gasteiger partial charge in [0.15, 0.2) is 5.70 Å². The first kappa shape index (κ1) is 22.4. The molecular formula is C22H23N3O5. The Hall–Kier alpha value is -3.94. The largest absolute Gasteiger partial charge is 0.506 e. The number of nitrogens with one attached hydrogen (secondary N) is 1. The lowest BCUT2D eigenvalue weighted by atomic mass is 10.1. The second-order valence-electron chi connectivity index (χ2n) is 5.99. The number of aromatic nitrogens is 1. The van der Waals surface area contributed by atoms with Crippen molar-refractivity contribution in [2.75, 3.05) is 19.0 Å². The normalized spacial score (nSPS) is 12.3. The van der Waals surface area contributed by atoms with Gasteiger partial charge in [-0.05, 0) is 31.5 Å². The molecule has 0 aliphatic rings. The molecule has 1 aromatic heterocycles. The summed E-state index contributed by atoms with van der Waals surface area (Å²) in [5.74, 6) is -1.34. The molecule has 30 heavy (non-hydrogen) atoms. The highest BCUT2D eigenvalue weighted by molar-refractivity contribution is 6.15. The molecule has 156 valence electrons. The summed E-state index contributed by atoms with van der Waals surface area (Å²) in [5, 5.41) is 13.4. The summed E-state index contributed by atoms with van der Waals surface area (Å²) >= 11 is 0. The highest BCUT2D eigenvalue weighted by Gasteiger charge is 2.17. The number of aliphatic imine (C=N–C) groups is 1. The Balaban J connectivity index is 2.40. The summed E-state index contributed by atoms with van der Waals surface area (Å²) in [4.78, 5) is 32.6. The van der Waals surface area contributed by atoms with Gasteiger partial charge >= 0.3 is 11.9 Å². The van der Waals surface area contributed by atoms with Crippen LogP contribution < -0.4 is 5.32 Å². The first-order valence-corrected chi connectivity index (χ1v) is 9.13. The number of pyridine rings is 1. The van der Waals surface area contributed by atoms with Crippen LogP contribution in [-0.2, 0) is 19.1 Å². The Kier molecular flexibility index (Phi) is 8.31. The van der Waals surface area contributed by atoms with Gasteiger partial charge in [-0.1, -0.05) is 30.3 Å². The zero-order chi connectivity index (χ0) is 21.9. The Morgan fingerprint density at radius 1 is 1.20 bits per heavy atom. The van der Waals surface area contributed by atoms with E-state index in [-0.39, 0.29) is 23.6 Å². The van der Waals surface area contributed by atoms with Crippen molar-refractivity contribution in [2.45, 2.75) is 13.8 Å². The number of aryl methyl sites for hydroxylation is 1. The fourth-order valence-corrected chi connectivity index (χ4v) is 2.32. The molecule has 0 radical (unpaired) electrons. The molecule has 8 heteroatoms. The zero-order valence-electron chi connectivity index (χ0n) is 17.0. The predicted molar refractivity (Wildman–Crippen MR) is 114 cm³/mol. The third-order valence-electron chi connectivity index (χ3n) is 3.80. The topological polar surface area (TPSA) is 110 Å². The lowest BCUT2D eigenvalue weighted by Gasteiger charge is -2.07. The monoisotopic (exact) mass is 409 g/mol. The third kappa shape index (κ3) is 6.30. The van der Waals surface area contributed by atoms with Crippen LogP contribution >= 0.6 is 0 Å². The number of hydrogen-bond donors (Lipinski definition) is 2. The van der Waals surface area contributed by atoms with Crippen molar-refractivity contribution in [1.82, 2.24) is 4.98 Å². The van der Waals surface area contributed by atoms with E-state index in [0.717, 1.165) is 11.8 Å². The van der Waals surface area contributed by atoms with Crippen LogP contribution in [-0.4, -0.2) is 42.0 Å². The summed E-state index contributed by atoms with van der Waals surface area (Å²) in [6.07, 6.45) is 3.98. The van der Waals surface area contributed by atoms with Gasteiger partial charge in [-0.25, -0.2) is 19.6 Å². The number of carbonyl (C=O) groups excluding carboxylic acids is 2. The van der Waals surface area contributed by atoms with Gasteiger partial charge in [0.25, 0.3) is 0 Å². The van der Waals surface area contributed by atoms with Gasteiger partial charge in [-0.3, -0.25) is 0 Å². The van der Waals surface area contributed by atoms with Gasteiger partial charge in [0, 0.05) is 24.2 Å². The summed E-state index contributed by atoms with van der Waals surface area (Å²) in [7, 11) is 1.21. The number of aliphatic hydroxyl groups excluding tert-OH is 1. The van der Waals surface area contributed by atoms with Gasteiger partial charge < -0.3 is 19.9 Å². The first-order valence-electron chi connectivity index (χ1n) is 9.13. The maximum absolute atomic E-state index is 12.3. The molecule has 0 amide bonds. The molecule has 0 bridgehead atoms. The number of methoxy groups -OCH3 is 1. The number of ether oxygens (including phenoxy) is 2. The number of nitrogens with zero attached hydrogens (tertiary/aromatic N) is 2. The van der Waals surface area contributed by atoms with Crippen molar-refractivity contribution in [3.63, 3.8) is 0 Å². The molecule has 0 spiro atoms. The maximum atomic E-state index is 12.3. The summed E-state index contributed by atoms with van der Waals surface area (Å²) in [6.45, 7) is 3.65. The number of carbonyl (C=O) groups is 2. The van der Waals surface area contributed by atoms with Crippen LogP contribution in [0.15, 0.2) is 71.1 Å². The standard InChI is InChI=1S/C22H23N3O5/c1-4-30-21(27)17(20(26)16-8-6-5-7-9-16)13-24-18(22(28)29-3)14-25-19-12-15(2)10-11-23-19/h5-14,26H,4H2,1-3H3,(H,23,25)/b18-14-,20-17+,24-13+. The van der Waals surface area contributed by atoms with E-state index in [1.807, 2.05) is 13.0 Å². The minimum atomic E-state index is -0.778. The molecule has 2 N–H and O–H groups in total. The minimum Gasteiger partial charge on any atom is -0.506 e. The van der Waals surface area contributed by atoms with Crippen LogP contribution in [0.1, 0.15) is 18.1 Å². The van der Waals surface area contributed by atoms with E-state index in [0.29, 0.717) is 11.4 Å². The van der Waals surface area contributed by atoms with Crippen LogP contribution in [0.2, 0.25) is 0 Å². The Morgan fingerprint density at radius 2 is 1.93 bits per heavy atom. The van der Waals surface area contributed by atoms with Crippen LogP contribution in [0.3, 0.4) is 0 Å². The Bertz CT molecular complexity index is 981. The molecular weight excluding hydrogens is 386 g/mol. The molecule has 0 unspecified atom stereocenters. The van der Waals surface area contributed by atoms with Crippen LogP contribution in [0.25, 0.3) is 5.76 Å². The number of hydrogen-bond acceptors (Lipinski definition) is 8. The summed E-state index contributed by atoms with van der Waals surface area (Å²) < 4.78 is 9.73. The van der Waals surface area contributed by atoms with E-state index < -0.39 is 11.9 Å². The van der Waals surface area contributed by atoms with Crippen LogP contribution in [0.4, 0.5) is 5.82 Å². The van der Waals surface area contributed by atoms with Gasteiger partial charge in [0.1, 0.15) is 17.2 Å². The molecule has 0 aliphatic heterocycles. The quantitative estimate of drug-likeness (QED) is 0.297. The number of anilines is 1. The van der Waals surface area contributed by atoms with E-state index >= 15 is 0 Å². The van der Waals surface area contributed by atoms with Crippen LogP contribution in [0, 0.1) is 6.92 Å². The zero-order valence-corrected chi connectivity index (χ0v) is 17.0. The predicted octanol–water partition coefficient (Wildman–Crippen LogP) is 3.42. The van der Waals surface area contributed by atoms with Crippen LogP contribution in [0.5, 0.6) is 0 Å². The van der Waals surface area contributed by atoms with Crippen molar-refractivity contribution in [3.8, 4) is 0 Å². The van der Waals surface area contributed by atoms with Gasteiger partial charge in [-0.15, -0.1) is 0 Å². The molecule has 2 aromatic rings. The summed E-state index contributed by atoms with van der Waals surface area (Å²) in [6, 6.07) is 12.1. The van der Waals surface area contributed by atoms with Gasteiger partial charge in [0.05, 0.1) is 13.7 Å². The second kappa shape index (κ2) is 11.2. The van der Waals surface area contributed by atoms with E-state index in [9.17, 15) is 14.7 Å². The average Bonchev–Trinajstić information content (AvgIpc) is 2.76. The third-order valence-corrected chi connectivity index (χ3v) is 3.80. The van der Waals surface area contributed by atoms with Crippen molar-refractivity contribution in [2.24, 2.45) is 4.99 Å².